The van der Waals surface area contributed by atoms with E-state index in [-0.39, 0.29) is 11.3 Å². The van der Waals surface area contributed by atoms with E-state index in [1.807, 2.05) is 0 Å². The monoisotopic (exact) mass is 265 g/mol. The highest BCUT2D eigenvalue weighted by Crippen LogP contribution is 2.20. The number of likely N-dealkylation sites (tertiary alicyclic amines) is 1. The summed E-state index contributed by atoms with van der Waals surface area (Å²) in [4.78, 5) is 2.29. The molecule has 1 heterocycles. The number of anilines is 1. The second-order valence-corrected chi connectivity index (χ2v) is 4.76. The van der Waals surface area contributed by atoms with Gasteiger partial charge in [-0.25, -0.2) is 8.78 Å². The van der Waals surface area contributed by atoms with E-state index in [0.29, 0.717) is 6.54 Å². The molecule has 0 aromatic heterocycles. The maximum Gasteiger partial charge on any atom is 0.150 e. The zero-order chi connectivity index (χ0) is 13.7. The number of piperidine rings is 1. The zero-order valence-electron chi connectivity index (χ0n) is 10.8. The summed E-state index contributed by atoms with van der Waals surface area (Å²) in [5.74, 6) is -1.43. The van der Waals surface area contributed by atoms with Gasteiger partial charge in [0.25, 0.3) is 0 Å². The van der Waals surface area contributed by atoms with E-state index in [9.17, 15) is 8.78 Å². The molecule has 0 radical (unpaired) electrons. The van der Waals surface area contributed by atoms with Gasteiger partial charge in [-0.05, 0) is 38.1 Å². The van der Waals surface area contributed by atoms with Crippen molar-refractivity contribution in [3.05, 3.63) is 29.3 Å². The molecule has 1 aliphatic rings. The highest BCUT2D eigenvalue weighted by Gasteiger charge is 2.12. The van der Waals surface area contributed by atoms with Gasteiger partial charge in [-0.2, -0.15) is 5.26 Å². The van der Waals surface area contributed by atoms with Crippen molar-refractivity contribution in [3.8, 4) is 6.07 Å². The van der Waals surface area contributed by atoms with E-state index in [4.69, 9.17) is 5.26 Å². The van der Waals surface area contributed by atoms with Crippen molar-refractivity contribution >= 4 is 5.69 Å². The van der Waals surface area contributed by atoms with Gasteiger partial charge >= 0.3 is 0 Å². The van der Waals surface area contributed by atoms with E-state index in [0.717, 1.165) is 31.8 Å². The Bertz CT molecular complexity index is 453. The Morgan fingerprint density at radius 1 is 1.16 bits per heavy atom. The molecular weight excluding hydrogens is 248 g/mol. The molecule has 1 aromatic rings. The first-order valence-corrected chi connectivity index (χ1v) is 6.56. The summed E-state index contributed by atoms with van der Waals surface area (Å²) in [5.41, 5.74) is -0.146. The van der Waals surface area contributed by atoms with Crippen molar-refractivity contribution in [3.63, 3.8) is 0 Å². The Hall–Kier alpha value is -1.67. The molecule has 3 nitrogen and oxygen atoms in total. The Morgan fingerprint density at radius 3 is 2.37 bits per heavy atom. The molecule has 0 aliphatic carbocycles. The third-order valence-electron chi connectivity index (χ3n) is 3.35. The third-order valence-corrected chi connectivity index (χ3v) is 3.35. The maximum absolute atomic E-state index is 13.6. The first kappa shape index (κ1) is 13.8. The van der Waals surface area contributed by atoms with Gasteiger partial charge in [0.05, 0.1) is 11.6 Å². The first-order chi connectivity index (χ1) is 9.20. The lowest BCUT2D eigenvalue weighted by atomic mass is 10.1. The van der Waals surface area contributed by atoms with Crippen molar-refractivity contribution in [1.82, 2.24) is 4.90 Å². The second-order valence-electron chi connectivity index (χ2n) is 4.76. The molecule has 19 heavy (non-hydrogen) atoms. The lowest BCUT2D eigenvalue weighted by Gasteiger charge is -2.26. The fraction of sp³-hybridized carbons (Fsp3) is 0.500. The van der Waals surface area contributed by atoms with Crippen LogP contribution >= 0.6 is 0 Å². The molecule has 1 saturated heterocycles. The molecule has 0 saturated carbocycles. The standard InChI is InChI=1S/C14H17F2N3/c15-12-8-11(10-17)9-13(16)14(12)18-4-7-19-5-2-1-3-6-19/h8-9,18H,1-7H2. The summed E-state index contributed by atoms with van der Waals surface area (Å²) in [7, 11) is 0. The average molecular weight is 265 g/mol. The van der Waals surface area contributed by atoms with Gasteiger partial charge in [-0.1, -0.05) is 6.42 Å². The molecule has 0 spiro atoms. The van der Waals surface area contributed by atoms with E-state index >= 15 is 0 Å². The van der Waals surface area contributed by atoms with E-state index in [1.165, 1.54) is 19.3 Å². The number of nitriles is 1. The maximum atomic E-state index is 13.6. The molecule has 0 unspecified atom stereocenters. The molecule has 102 valence electrons. The molecule has 1 fully saturated rings. The van der Waals surface area contributed by atoms with Crippen LogP contribution in [-0.4, -0.2) is 31.1 Å². The normalized spacial score (nSPS) is 16.1. The summed E-state index contributed by atoms with van der Waals surface area (Å²) < 4.78 is 27.2. The fourth-order valence-corrected chi connectivity index (χ4v) is 2.33. The van der Waals surface area contributed by atoms with Gasteiger partial charge in [0.15, 0.2) is 11.6 Å². The topological polar surface area (TPSA) is 39.1 Å². The Morgan fingerprint density at radius 2 is 1.79 bits per heavy atom. The number of nitrogens with zero attached hydrogens (tertiary/aromatic N) is 2. The third kappa shape index (κ3) is 3.65. The molecule has 1 aromatic carbocycles. The van der Waals surface area contributed by atoms with Gasteiger partial charge < -0.3 is 10.2 Å². The van der Waals surface area contributed by atoms with Crippen LogP contribution in [0, 0.1) is 23.0 Å². The summed E-state index contributed by atoms with van der Waals surface area (Å²) in [5, 5.41) is 11.4. The lowest BCUT2D eigenvalue weighted by molar-refractivity contribution is 0.237. The average Bonchev–Trinajstić information content (AvgIpc) is 2.42. The van der Waals surface area contributed by atoms with Gasteiger partial charge in [0.2, 0.25) is 0 Å². The van der Waals surface area contributed by atoms with Crippen LogP contribution in [0.1, 0.15) is 24.8 Å². The van der Waals surface area contributed by atoms with Crippen LogP contribution < -0.4 is 5.32 Å². The van der Waals surface area contributed by atoms with Crippen LogP contribution in [0.4, 0.5) is 14.5 Å². The van der Waals surface area contributed by atoms with Crippen molar-refractivity contribution < 1.29 is 8.78 Å². The molecular formula is C14H17F2N3. The van der Waals surface area contributed by atoms with Crippen LogP contribution in [0.25, 0.3) is 0 Å². The van der Waals surface area contributed by atoms with Crippen LogP contribution in [0.15, 0.2) is 12.1 Å². The van der Waals surface area contributed by atoms with E-state index in [2.05, 4.69) is 10.2 Å². The highest BCUT2D eigenvalue weighted by atomic mass is 19.1. The SMILES string of the molecule is N#Cc1cc(F)c(NCCN2CCCCC2)c(F)c1. The molecule has 0 amide bonds. The first-order valence-electron chi connectivity index (χ1n) is 6.56. The van der Waals surface area contributed by atoms with Gasteiger partial charge in [-0.3, -0.25) is 0 Å². The number of halogens is 2. The number of rotatable bonds is 4. The summed E-state index contributed by atoms with van der Waals surface area (Å²) in [6.07, 6.45) is 3.65. The Labute approximate surface area is 111 Å². The second kappa shape index (κ2) is 6.48. The van der Waals surface area contributed by atoms with Crippen LogP contribution in [-0.2, 0) is 0 Å². The Balaban J connectivity index is 1.90. The molecule has 1 aliphatic heterocycles. The predicted octanol–water partition coefficient (Wildman–Crippen LogP) is 2.73. The molecule has 5 heteroatoms. The molecule has 0 atom stereocenters. The Kier molecular flexibility index (Phi) is 4.69. The summed E-state index contributed by atoms with van der Waals surface area (Å²) >= 11 is 0. The number of hydrogen-bond donors (Lipinski definition) is 1. The van der Waals surface area contributed by atoms with Gasteiger partial charge in [-0.15, -0.1) is 0 Å². The van der Waals surface area contributed by atoms with E-state index < -0.39 is 11.6 Å². The van der Waals surface area contributed by atoms with Crippen molar-refractivity contribution in [2.75, 3.05) is 31.5 Å². The molecule has 2 rings (SSSR count). The molecule has 0 bridgehead atoms. The lowest BCUT2D eigenvalue weighted by Crippen LogP contribution is -2.33. The summed E-state index contributed by atoms with van der Waals surface area (Å²) in [6, 6.07) is 3.82. The van der Waals surface area contributed by atoms with Crippen molar-refractivity contribution in [1.29, 1.82) is 5.26 Å². The fourth-order valence-electron chi connectivity index (χ4n) is 2.33. The zero-order valence-corrected chi connectivity index (χ0v) is 10.8. The van der Waals surface area contributed by atoms with E-state index in [1.54, 1.807) is 6.07 Å². The molecule has 1 N–H and O–H groups in total. The smallest absolute Gasteiger partial charge is 0.150 e. The minimum Gasteiger partial charge on any atom is -0.379 e. The van der Waals surface area contributed by atoms with Gasteiger partial charge in [0.1, 0.15) is 5.69 Å². The quantitative estimate of drug-likeness (QED) is 0.909. The van der Waals surface area contributed by atoms with Crippen LogP contribution in [0.5, 0.6) is 0 Å². The van der Waals surface area contributed by atoms with Gasteiger partial charge in [0, 0.05) is 13.1 Å². The minimum atomic E-state index is -0.713. The number of benzene rings is 1. The van der Waals surface area contributed by atoms with Crippen molar-refractivity contribution in [2.45, 2.75) is 19.3 Å². The largest absolute Gasteiger partial charge is 0.379 e. The predicted molar refractivity (Wildman–Crippen MR) is 69.9 cm³/mol. The minimum absolute atomic E-state index is 0.00317. The number of nitrogens with one attached hydrogen (secondary N) is 1. The van der Waals surface area contributed by atoms with Crippen molar-refractivity contribution in [2.24, 2.45) is 0 Å². The summed E-state index contributed by atoms with van der Waals surface area (Å²) in [6.45, 7) is 3.39. The van der Waals surface area contributed by atoms with Crippen LogP contribution in [0.2, 0.25) is 0 Å². The van der Waals surface area contributed by atoms with Crippen LogP contribution in [0.3, 0.4) is 0 Å². The highest BCUT2D eigenvalue weighted by molar-refractivity contribution is 5.50. The number of hydrogen-bond acceptors (Lipinski definition) is 3.